The van der Waals surface area contributed by atoms with E-state index >= 15 is 0 Å². The first-order chi connectivity index (χ1) is 14.8. The molecule has 2 amide bonds. The minimum Gasteiger partial charge on any atom is -0.454 e. The molecule has 3 aromatic rings. The molecule has 0 aliphatic rings. The van der Waals surface area contributed by atoms with Gasteiger partial charge in [0.25, 0.3) is 11.8 Å². The number of esters is 1. The topological polar surface area (TPSA) is 93.7 Å². The molecule has 0 aliphatic carbocycles. The highest BCUT2D eigenvalue weighted by Crippen LogP contribution is 2.34. The van der Waals surface area contributed by atoms with Gasteiger partial charge in [-0.3, -0.25) is 14.4 Å². The molecule has 7 nitrogen and oxygen atoms in total. The molecule has 0 radical (unpaired) electrons. The normalized spacial score (nSPS) is 10.7. The van der Waals surface area contributed by atoms with E-state index in [1.807, 2.05) is 12.1 Å². The number of ether oxygens (including phenoxy) is 2. The van der Waals surface area contributed by atoms with Crippen molar-refractivity contribution in [1.29, 1.82) is 0 Å². The van der Waals surface area contributed by atoms with Crippen LogP contribution in [0.2, 0.25) is 5.02 Å². The summed E-state index contributed by atoms with van der Waals surface area (Å²) in [5.74, 6) is -2.05. The van der Waals surface area contributed by atoms with E-state index in [1.165, 1.54) is 35.6 Å². The molecule has 1 heterocycles. The van der Waals surface area contributed by atoms with Crippen molar-refractivity contribution in [2.75, 3.05) is 18.5 Å². The van der Waals surface area contributed by atoms with E-state index in [4.69, 9.17) is 16.3 Å². The summed E-state index contributed by atoms with van der Waals surface area (Å²) in [6, 6.07) is 12.5. The van der Waals surface area contributed by atoms with E-state index in [1.54, 1.807) is 12.1 Å². The molecule has 0 aliphatic heterocycles. The van der Waals surface area contributed by atoms with Crippen LogP contribution in [0.25, 0.3) is 10.1 Å². The Hall–Kier alpha value is -3.24. The van der Waals surface area contributed by atoms with Crippen molar-refractivity contribution in [3.63, 3.8) is 0 Å². The van der Waals surface area contributed by atoms with E-state index < -0.39 is 37.5 Å². The number of amides is 2. The van der Waals surface area contributed by atoms with E-state index in [9.17, 15) is 23.2 Å². The second-order valence-corrected chi connectivity index (χ2v) is 7.47. The van der Waals surface area contributed by atoms with Crippen LogP contribution in [0, 0.1) is 0 Å². The van der Waals surface area contributed by atoms with E-state index in [2.05, 4.69) is 15.4 Å². The van der Waals surface area contributed by atoms with E-state index in [0.717, 1.165) is 10.1 Å². The average molecular weight is 469 g/mol. The van der Waals surface area contributed by atoms with Crippen molar-refractivity contribution in [2.24, 2.45) is 0 Å². The van der Waals surface area contributed by atoms with E-state index in [-0.39, 0.29) is 10.6 Å². The summed E-state index contributed by atoms with van der Waals surface area (Å²) in [6.45, 7) is -3.99. The minimum atomic E-state index is -2.95. The Kier molecular flexibility index (Phi) is 7.37. The number of hydrogen-bond acceptors (Lipinski definition) is 6. The Balaban J connectivity index is 1.43. The van der Waals surface area contributed by atoms with Gasteiger partial charge in [-0.05, 0) is 30.3 Å². The van der Waals surface area contributed by atoms with Crippen LogP contribution in [-0.4, -0.2) is 37.5 Å². The molecule has 0 atom stereocenters. The number of rotatable bonds is 8. The van der Waals surface area contributed by atoms with Gasteiger partial charge >= 0.3 is 12.6 Å². The van der Waals surface area contributed by atoms with Gasteiger partial charge in [-0.15, -0.1) is 11.3 Å². The predicted molar refractivity (Wildman–Crippen MR) is 112 cm³/mol. The molecule has 0 saturated heterocycles. The van der Waals surface area contributed by atoms with Crippen LogP contribution in [0.5, 0.6) is 5.75 Å². The third kappa shape index (κ3) is 6.12. The molecule has 162 valence electrons. The first kappa shape index (κ1) is 22.4. The molecule has 3 rings (SSSR count). The fourth-order valence-corrected chi connectivity index (χ4v) is 3.94. The summed E-state index contributed by atoms with van der Waals surface area (Å²) in [6.07, 6.45) is 0. The maximum absolute atomic E-state index is 12.3. The van der Waals surface area contributed by atoms with Crippen LogP contribution in [0.15, 0.2) is 48.5 Å². The predicted octanol–water partition coefficient (Wildman–Crippen LogP) is 4.07. The Labute approximate surface area is 183 Å². The Bertz CT molecular complexity index is 1100. The summed E-state index contributed by atoms with van der Waals surface area (Å²) in [4.78, 5) is 36.2. The number of thiophene rings is 1. The molecule has 11 heteroatoms. The maximum atomic E-state index is 12.3. The summed E-state index contributed by atoms with van der Waals surface area (Å²) in [7, 11) is 0. The number of carbonyl (C=O) groups is 3. The first-order valence-corrected chi connectivity index (χ1v) is 9.98. The molecule has 1 aromatic heterocycles. The van der Waals surface area contributed by atoms with Crippen molar-refractivity contribution >= 4 is 56.5 Å². The number of halogens is 3. The molecule has 0 saturated carbocycles. The van der Waals surface area contributed by atoms with Crippen LogP contribution in [0.1, 0.15) is 9.67 Å². The summed E-state index contributed by atoms with van der Waals surface area (Å²) < 4.78 is 34.1. The Morgan fingerprint density at radius 1 is 1.06 bits per heavy atom. The molecule has 2 N–H and O–H groups in total. The first-order valence-electron chi connectivity index (χ1n) is 8.79. The lowest BCUT2D eigenvalue weighted by molar-refractivity contribution is -0.146. The lowest BCUT2D eigenvalue weighted by atomic mass is 10.2. The van der Waals surface area contributed by atoms with Gasteiger partial charge in [0.2, 0.25) is 0 Å². The smallest absolute Gasteiger partial charge is 0.387 e. The number of nitrogens with one attached hydrogen (secondary N) is 2. The summed E-state index contributed by atoms with van der Waals surface area (Å²) in [5.41, 5.74) is 0.301. The molecule has 2 aromatic carbocycles. The maximum Gasteiger partial charge on any atom is 0.387 e. The standard InChI is InChI=1S/C20H15ClF2N2O5S/c21-17-13-3-1-2-4-14(13)31-18(17)19(28)24-9-16(27)29-10-15(26)25-11-5-7-12(8-6-11)30-20(22)23/h1-8,20H,9-10H2,(H,24,28)(H,25,26). The number of alkyl halides is 2. The SMILES string of the molecule is O=C(COC(=O)CNC(=O)c1sc2ccccc2c1Cl)Nc1ccc(OC(F)F)cc1. The van der Waals surface area contributed by atoms with Gasteiger partial charge in [-0.25, -0.2) is 0 Å². The van der Waals surface area contributed by atoms with Crippen molar-refractivity contribution < 1.29 is 32.6 Å². The molecule has 0 spiro atoms. The highest BCUT2D eigenvalue weighted by atomic mass is 35.5. The van der Waals surface area contributed by atoms with Crippen LogP contribution in [-0.2, 0) is 14.3 Å². The summed E-state index contributed by atoms with van der Waals surface area (Å²) in [5, 5.41) is 5.87. The van der Waals surface area contributed by atoms with Gasteiger partial charge < -0.3 is 20.1 Å². The van der Waals surface area contributed by atoms with Crippen LogP contribution >= 0.6 is 22.9 Å². The van der Waals surface area contributed by atoms with Crippen molar-refractivity contribution in [1.82, 2.24) is 5.32 Å². The zero-order valence-electron chi connectivity index (χ0n) is 15.7. The second kappa shape index (κ2) is 10.2. The third-order valence-electron chi connectivity index (χ3n) is 3.86. The second-order valence-electron chi connectivity index (χ2n) is 6.04. The number of hydrogen-bond donors (Lipinski definition) is 2. The van der Waals surface area contributed by atoms with Gasteiger partial charge in [-0.2, -0.15) is 8.78 Å². The largest absolute Gasteiger partial charge is 0.454 e. The highest BCUT2D eigenvalue weighted by molar-refractivity contribution is 7.21. The van der Waals surface area contributed by atoms with Crippen molar-refractivity contribution in [3.8, 4) is 5.75 Å². The van der Waals surface area contributed by atoms with Gasteiger partial charge in [0.15, 0.2) is 6.61 Å². The molecule has 0 unspecified atom stereocenters. The average Bonchev–Trinajstić information content (AvgIpc) is 3.08. The van der Waals surface area contributed by atoms with Crippen LogP contribution in [0.4, 0.5) is 14.5 Å². The number of fused-ring (bicyclic) bond motifs is 1. The molecular formula is C20H15ClF2N2O5S. The van der Waals surface area contributed by atoms with Crippen molar-refractivity contribution in [3.05, 3.63) is 58.4 Å². The van der Waals surface area contributed by atoms with Crippen LogP contribution < -0.4 is 15.4 Å². The van der Waals surface area contributed by atoms with Crippen molar-refractivity contribution in [2.45, 2.75) is 6.61 Å². The highest BCUT2D eigenvalue weighted by Gasteiger charge is 2.18. The molecule has 0 bridgehead atoms. The lowest BCUT2D eigenvalue weighted by Gasteiger charge is -2.08. The zero-order valence-corrected chi connectivity index (χ0v) is 17.3. The quantitative estimate of drug-likeness (QED) is 0.486. The molecule has 31 heavy (non-hydrogen) atoms. The third-order valence-corrected chi connectivity index (χ3v) is 5.54. The monoisotopic (exact) mass is 468 g/mol. The minimum absolute atomic E-state index is 0.0612. The molecular weight excluding hydrogens is 454 g/mol. The number of anilines is 1. The Morgan fingerprint density at radius 2 is 1.77 bits per heavy atom. The van der Waals surface area contributed by atoms with Crippen LogP contribution in [0.3, 0.4) is 0 Å². The van der Waals surface area contributed by atoms with E-state index in [0.29, 0.717) is 10.7 Å². The van der Waals surface area contributed by atoms with Gasteiger partial charge in [0.1, 0.15) is 17.2 Å². The fourth-order valence-electron chi connectivity index (χ4n) is 2.51. The summed E-state index contributed by atoms with van der Waals surface area (Å²) >= 11 is 7.41. The van der Waals surface area contributed by atoms with Gasteiger partial charge in [0.05, 0.1) is 5.02 Å². The Morgan fingerprint density at radius 3 is 2.45 bits per heavy atom. The fraction of sp³-hybridized carbons (Fsp3) is 0.150. The van der Waals surface area contributed by atoms with Gasteiger partial charge in [-0.1, -0.05) is 29.8 Å². The van der Waals surface area contributed by atoms with Gasteiger partial charge in [0, 0.05) is 15.8 Å². The molecule has 0 fully saturated rings. The lowest BCUT2D eigenvalue weighted by Crippen LogP contribution is -2.32. The number of carbonyl (C=O) groups excluding carboxylic acids is 3. The zero-order chi connectivity index (χ0) is 22.4. The number of benzene rings is 2.